The summed E-state index contributed by atoms with van der Waals surface area (Å²) in [6.07, 6.45) is 2.92. The van der Waals surface area contributed by atoms with Crippen LogP contribution in [0.3, 0.4) is 0 Å². The molecule has 2 atom stereocenters. The van der Waals surface area contributed by atoms with Gasteiger partial charge in [0.05, 0.1) is 5.57 Å². The molecule has 0 radical (unpaired) electrons. The number of ketones is 2. The summed E-state index contributed by atoms with van der Waals surface area (Å²) in [6, 6.07) is 6.79. The van der Waals surface area contributed by atoms with E-state index in [0.717, 1.165) is 30.4 Å². The van der Waals surface area contributed by atoms with E-state index in [2.05, 4.69) is 0 Å². The van der Waals surface area contributed by atoms with Crippen LogP contribution in [0.1, 0.15) is 31.7 Å². The van der Waals surface area contributed by atoms with E-state index in [1.54, 1.807) is 24.3 Å². The zero-order valence-corrected chi connectivity index (χ0v) is 10.8. The topological polar surface area (TPSA) is 54.4 Å². The minimum Gasteiger partial charge on any atom is -0.508 e. The standard InChI is InChI=1S/C16H16O3/c1-9(17)14-15(10-5-7-11(18)8-6-10)12-3-2-4-13(12)16(14)19/h5-8,12-13,18H,2-4H2,1H3. The van der Waals surface area contributed by atoms with E-state index in [1.165, 1.54) is 6.92 Å². The summed E-state index contributed by atoms with van der Waals surface area (Å²) in [5.74, 6) is 0.278. The largest absolute Gasteiger partial charge is 0.508 e. The van der Waals surface area contributed by atoms with Crippen molar-refractivity contribution < 1.29 is 14.7 Å². The number of allylic oxidation sites excluding steroid dienone is 2. The molecule has 0 aromatic heterocycles. The second-order valence-electron chi connectivity index (χ2n) is 5.40. The molecule has 0 amide bonds. The molecule has 1 N–H and O–H groups in total. The number of carbonyl (C=O) groups is 2. The molecule has 19 heavy (non-hydrogen) atoms. The van der Waals surface area contributed by atoms with Crippen LogP contribution in [0.4, 0.5) is 0 Å². The van der Waals surface area contributed by atoms with Crippen LogP contribution in [0.25, 0.3) is 5.57 Å². The molecule has 2 aliphatic carbocycles. The summed E-state index contributed by atoms with van der Waals surface area (Å²) in [6.45, 7) is 1.47. The van der Waals surface area contributed by atoms with Gasteiger partial charge in [-0.25, -0.2) is 0 Å². The number of fused-ring (bicyclic) bond motifs is 1. The summed E-state index contributed by atoms with van der Waals surface area (Å²) in [7, 11) is 0. The van der Waals surface area contributed by atoms with Crippen molar-refractivity contribution in [3.63, 3.8) is 0 Å². The van der Waals surface area contributed by atoms with Gasteiger partial charge in [-0.05, 0) is 49.0 Å². The van der Waals surface area contributed by atoms with Crippen molar-refractivity contribution in [1.82, 2.24) is 0 Å². The number of carbonyl (C=O) groups excluding carboxylic acids is 2. The molecular formula is C16H16O3. The fraction of sp³-hybridized carbons (Fsp3) is 0.375. The van der Waals surface area contributed by atoms with Crippen molar-refractivity contribution in [1.29, 1.82) is 0 Å². The number of aromatic hydroxyl groups is 1. The number of hydrogen-bond donors (Lipinski definition) is 1. The minimum atomic E-state index is -0.137. The van der Waals surface area contributed by atoms with Gasteiger partial charge in [0.25, 0.3) is 0 Å². The van der Waals surface area contributed by atoms with Gasteiger partial charge in [-0.1, -0.05) is 18.6 Å². The SMILES string of the molecule is CC(=O)C1=C(c2ccc(O)cc2)C2CCCC2C1=O. The lowest BCUT2D eigenvalue weighted by Crippen LogP contribution is -2.14. The van der Waals surface area contributed by atoms with Crippen LogP contribution in [0.2, 0.25) is 0 Å². The Labute approximate surface area is 111 Å². The highest BCUT2D eigenvalue weighted by molar-refractivity contribution is 6.28. The van der Waals surface area contributed by atoms with E-state index in [1.807, 2.05) is 0 Å². The van der Waals surface area contributed by atoms with E-state index in [4.69, 9.17) is 0 Å². The summed E-state index contributed by atoms with van der Waals surface area (Å²) in [4.78, 5) is 24.2. The summed E-state index contributed by atoms with van der Waals surface area (Å²) in [5.41, 5.74) is 2.19. The lowest BCUT2D eigenvalue weighted by Gasteiger charge is -2.13. The Bertz CT molecular complexity index is 581. The van der Waals surface area contributed by atoms with Gasteiger partial charge in [0.15, 0.2) is 11.6 Å². The van der Waals surface area contributed by atoms with Crippen molar-refractivity contribution in [3.8, 4) is 5.75 Å². The molecule has 1 aromatic carbocycles. The van der Waals surface area contributed by atoms with Crippen molar-refractivity contribution in [2.45, 2.75) is 26.2 Å². The van der Waals surface area contributed by atoms with Gasteiger partial charge >= 0.3 is 0 Å². The molecule has 1 saturated carbocycles. The highest BCUT2D eigenvalue weighted by Crippen LogP contribution is 2.49. The van der Waals surface area contributed by atoms with Crippen LogP contribution in [0, 0.1) is 11.8 Å². The molecule has 3 heteroatoms. The van der Waals surface area contributed by atoms with E-state index in [0.29, 0.717) is 5.57 Å². The minimum absolute atomic E-state index is 0.00250. The third kappa shape index (κ3) is 1.81. The van der Waals surface area contributed by atoms with E-state index < -0.39 is 0 Å². The Hall–Kier alpha value is -1.90. The molecule has 3 rings (SSSR count). The van der Waals surface area contributed by atoms with Gasteiger partial charge < -0.3 is 5.11 Å². The van der Waals surface area contributed by atoms with Crippen LogP contribution in [0.5, 0.6) is 5.75 Å². The molecule has 98 valence electrons. The normalized spacial score (nSPS) is 25.8. The molecule has 0 aliphatic heterocycles. The zero-order valence-electron chi connectivity index (χ0n) is 10.8. The predicted octanol–water partition coefficient (Wildman–Crippen LogP) is 2.73. The summed E-state index contributed by atoms with van der Waals surface area (Å²) < 4.78 is 0. The highest BCUT2D eigenvalue weighted by atomic mass is 16.3. The number of benzene rings is 1. The summed E-state index contributed by atoms with van der Waals surface area (Å²) in [5, 5.41) is 9.36. The van der Waals surface area contributed by atoms with Gasteiger partial charge in [0, 0.05) is 5.92 Å². The Morgan fingerprint density at radius 3 is 2.42 bits per heavy atom. The van der Waals surface area contributed by atoms with Crippen LogP contribution in [-0.2, 0) is 9.59 Å². The average Bonchev–Trinajstić information content (AvgIpc) is 2.93. The quantitative estimate of drug-likeness (QED) is 0.828. The predicted molar refractivity (Wildman–Crippen MR) is 71.5 cm³/mol. The number of Topliss-reactive ketones (excluding diaryl/α,β-unsaturated/α-hetero) is 2. The monoisotopic (exact) mass is 256 g/mol. The first kappa shape index (κ1) is 12.2. The van der Waals surface area contributed by atoms with Crippen LogP contribution < -0.4 is 0 Å². The zero-order chi connectivity index (χ0) is 13.6. The van der Waals surface area contributed by atoms with Crippen molar-refractivity contribution in [3.05, 3.63) is 35.4 Å². The fourth-order valence-corrected chi connectivity index (χ4v) is 3.49. The Morgan fingerprint density at radius 2 is 1.79 bits per heavy atom. The van der Waals surface area contributed by atoms with E-state index in [-0.39, 0.29) is 29.2 Å². The molecule has 2 aliphatic rings. The molecular weight excluding hydrogens is 240 g/mol. The first-order valence-electron chi connectivity index (χ1n) is 6.68. The van der Waals surface area contributed by atoms with Crippen molar-refractivity contribution in [2.24, 2.45) is 11.8 Å². The second kappa shape index (κ2) is 4.34. The molecule has 2 unspecified atom stereocenters. The maximum Gasteiger partial charge on any atom is 0.170 e. The average molecular weight is 256 g/mol. The number of hydrogen-bond acceptors (Lipinski definition) is 3. The molecule has 0 heterocycles. The smallest absolute Gasteiger partial charge is 0.170 e. The Balaban J connectivity index is 2.15. The van der Waals surface area contributed by atoms with E-state index in [9.17, 15) is 14.7 Å². The molecule has 0 bridgehead atoms. The van der Waals surface area contributed by atoms with Crippen molar-refractivity contribution >= 4 is 17.1 Å². The third-order valence-corrected chi connectivity index (χ3v) is 4.27. The third-order valence-electron chi connectivity index (χ3n) is 4.27. The van der Waals surface area contributed by atoms with Crippen LogP contribution in [-0.4, -0.2) is 16.7 Å². The maximum absolute atomic E-state index is 12.4. The lowest BCUT2D eigenvalue weighted by molar-refractivity contribution is -0.122. The highest BCUT2D eigenvalue weighted by Gasteiger charge is 2.45. The van der Waals surface area contributed by atoms with Gasteiger partial charge in [0.2, 0.25) is 0 Å². The molecule has 0 saturated heterocycles. The maximum atomic E-state index is 12.4. The number of phenolic OH excluding ortho intramolecular Hbond substituents is 1. The molecule has 1 aromatic rings. The van der Waals surface area contributed by atoms with Gasteiger partial charge in [0.1, 0.15) is 5.75 Å². The van der Waals surface area contributed by atoms with Gasteiger partial charge in [-0.3, -0.25) is 9.59 Å². The number of phenols is 1. The Kier molecular flexibility index (Phi) is 2.77. The lowest BCUT2D eigenvalue weighted by atomic mass is 9.90. The Morgan fingerprint density at radius 1 is 1.16 bits per heavy atom. The van der Waals surface area contributed by atoms with Crippen LogP contribution in [0.15, 0.2) is 29.8 Å². The molecule has 0 spiro atoms. The second-order valence-corrected chi connectivity index (χ2v) is 5.40. The number of rotatable bonds is 2. The van der Waals surface area contributed by atoms with E-state index >= 15 is 0 Å². The van der Waals surface area contributed by atoms with Gasteiger partial charge in [-0.15, -0.1) is 0 Å². The van der Waals surface area contributed by atoms with Gasteiger partial charge in [-0.2, -0.15) is 0 Å². The van der Waals surface area contributed by atoms with Crippen molar-refractivity contribution in [2.75, 3.05) is 0 Å². The molecule has 1 fully saturated rings. The summed E-state index contributed by atoms with van der Waals surface area (Å²) >= 11 is 0. The first-order valence-corrected chi connectivity index (χ1v) is 6.68. The molecule has 3 nitrogen and oxygen atoms in total. The first-order chi connectivity index (χ1) is 9.09. The van der Waals surface area contributed by atoms with Crippen LogP contribution >= 0.6 is 0 Å². The fourth-order valence-electron chi connectivity index (χ4n) is 3.49.